The summed E-state index contributed by atoms with van der Waals surface area (Å²) in [7, 11) is -0.969. The second-order valence-electron chi connectivity index (χ2n) is 5.55. The Kier molecular flexibility index (Phi) is 3.84. The van der Waals surface area contributed by atoms with Crippen molar-refractivity contribution in [1.29, 1.82) is 0 Å². The molecule has 1 fully saturated rings. The fourth-order valence-corrected chi connectivity index (χ4v) is 5.73. The first kappa shape index (κ1) is 14.7. The van der Waals surface area contributed by atoms with Crippen LogP contribution in [0, 0.1) is 5.92 Å². The van der Waals surface area contributed by atoms with Crippen LogP contribution in [0.25, 0.3) is 0 Å². The molecule has 2 aliphatic heterocycles. The van der Waals surface area contributed by atoms with Crippen LogP contribution in [0.2, 0.25) is 0 Å². The van der Waals surface area contributed by atoms with Crippen molar-refractivity contribution in [2.45, 2.75) is 17.7 Å². The third-order valence-electron chi connectivity index (χ3n) is 3.87. The Morgan fingerprint density at radius 1 is 1.43 bits per heavy atom. The van der Waals surface area contributed by atoms with E-state index in [4.69, 9.17) is 0 Å². The van der Waals surface area contributed by atoms with Crippen molar-refractivity contribution in [2.75, 3.05) is 23.5 Å². The van der Waals surface area contributed by atoms with Crippen LogP contribution in [0.4, 0.5) is 5.69 Å². The molecule has 0 radical (unpaired) electrons. The van der Waals surface area contributed by atoms with Gasteiger partial charge in [-0.2, -0.15) is 0 Å². The second kappa shape index (κ2) is 5.50. The van der Waals surface area contributed by atoms with E-state index in [-0.39, 0.29) is 23.2 Å². The summed E-state index contributed by atoms with van der Waals surface area (Å²) >= 11 is 1.58. The van der Waals surface area contributed by atoms with Gasteiger partial charge in [0.2, 0.25) is 0 Å². The molecule has 4 nitrogen and oxygen atoms in total. The van der Waals surface area contributed by atoms with Gasteiger partial charge in [-0.15, -0.1) is 0 Å². The lowest BCUT2D eigenvalue weighted by atomic mass is 10.0. The molecule has 0 saturated carbocycles. The van der Waals surface area contributed by atoms with Crippen LogP contribution in [0.5, 0.6) is 0 Å². The number of hydrogen-bond acceptors (Lipinski definition) is 5. The number of rotatable bonds is 3. The van der Waals surface area contributed by atoms with Crippen molar-refractivity contribution in [3.05, 3.63) is 35.4 Å². The van der Waals surface area contributed by atoms with Gasteiger partial charge in [-0.1, -0.05) is 23.9 Å². The van der Waals surface area contributed by atoms with Gasteiger partial charge in [0.05, 0.1) is 22.2 Å². The maximum absolute atomic E-state index is 12.2. The Balaban J connectivity index is 1.68. The smallest absolute Gasteiger partial charge is 0.158 e. The largest absolute Gasteiger partial charge is 0.338 e. The van der Waals surface area contributed by atoms with Gasteiger partial charge >= 0.3 is 0 Å². The van der Waals surface area contributed by atoms with Crippen molar-refractivity contribution in [1.82, 2.24) is 0 Å². The lowest BCUT2D eigenvalue weighted by Crippen LogP contribution is -2.13. The molecule has 112 valence electrons. The third kappa shape index (κ3) is 3.16. The zero-order valence-corrected chi connectivity index (χ0v) is 13.4. The summed E-state index contributed by atoms with van der Waals surface area (Å²) < 4.78 is 22.9. The molecule has 21 heavy (non-hydrogen) atoms. The molecular weight excluding hydrogens is 306 g/mol. The van der Waals surface area contributed by atoms with Crippen LogP contribution < -0.4 is 4.90 Å². The van der Waals surface area contributed by atoms with Gasteiger partial charge in [0.1, 0.15) is 0 Å². The number of nitrogens with zero attached hydrogens (tertiary/aromatic N) is 1. The van der Waals surface area contributed by atoms with E-state index in [1.807, 2.05) is 36.2 Å². The van der Waals surface area contributed by atoms with E-state index < -0.39 is 9.84 Å². The predicted octanol–water partition coefficient (Wildman–Crippen LogP) is 2.46. The molecule has 2 heterocycles. The number of sulfone groups is 1. The molecule has 0 N–H and O–H groups in total. The van der Waals surface area contributed by atoms with Gasteiger partial charge in [0, 0.05) is 24.4 Å². The number of ketones is 1. The molecule has 1 aromatic rings. The molecule has 6 heteroatoms. The molecule has 1 aromatic carbocycles. The summed E-state index contributed by atoms with van der Waals surface area (Å²) in [6.45, 7) is 0. The van der Waals surface area contributed by atoms with Gasteiger partial charge in [-0.3, -0.25) is 4.79 Å². The van der Waals surface area contributed by atoms with Crippen LogP contribution >= 0.6 is 11.8 Å². The standard InChI is InChI=1S/C15H17NO3S2/c1-16-13-4-2-3-5-14(13)20-15(16)9-12(17)8-11-6-7-21(18,19)10-11/h2-5,9,11H,6-8,10H2,1H3. The van der Waals surface area contributed by atoms with Gasteiger partial charge < -0.3 is 4.90 Å². The van der Waals surface area contributed by atoms with Gasteiger partial charge in [-0.05, 0) is 24.5 Å². The Hall–Kier alpha value is -1.27. The maximum atomic E-state index is 12.2. The van der Waals surface area contributed by atoms with Crippen molar-refractivity contribution in [2.24, 2.45) is 5.92 Å². The number of carbonyl (C=O) groups is 1. The molecule has 3 rings (SSSR count). The number of benzene rings is 1. The summed E-state index contributed by atoms with van der Waals surface area (Å²) in [5.41, 5.74) is 1.10. The Morgan fingerprint density at radius 2 is 2.19 bits per heavy atom. The minimum atomic E-state index is -2.91. The van der Waals surface area contributed by atoms with Crippen LogP contribution in [0.1, 0.15) is 12.8 Å². The highest BCUT2D eigenvalue weighted by Gasteiger charge is 2.29. The van der Waals surface area contributed by atoms with Crippen molar-refractivity contribution in [3.63, 3.8) is 0 Å². The van der Waals surface area contributed by atoms with E-state index in [1.165, 1.54) is 0 Å². The SMILES string of the molecule is CN1C(=CC(=O)CC2CCS(=O)(=O)C2)Sc2ccccc21. The lowest BCUT2D eigenvalue weighted by Gasteiger charge is -2.13. The van der Waals surface area contributed by atoms with Crippen LogP contribution in [-0.4, -0.2) is 32.8 Å². The Bertz CT molecular complexity index is 709. The monoisotopic (exact) mass is 323 g/mol. The molecule has 1 saturated heterocycles. The summed E-state index contributed by atoms with van der Waals surface area (Å²) in [6, 6.07) is 8.01. The molecule has 0 spiro atoms. The van der Waals surface area contributed by atoms with E-state index in [0.717, 1.165) is 15.6 Å². The number of hydrogen-bond donors (Lipinski definition) is 0. The van der Waals surface area contributed by atoms with E-state index in [0.29, 0.717) is 12.8 Å². The molecule has 0 aromatic heterocycles. The number of anilines is 1. The second-order valence-corrected chi connectivity index (χ2v) is 8.84. The number of para-hydroxylation sites is 1. The fraction of sp³-hybridized carbons (Fsp3) is 0.400. The first-order valence-electron chi connectivity index (χ1n) is 6.90. The van der Waals surface area contributed by atoms with E-state index in [1.54, 1.807) is 17.8 Å². The van der Waals surface area contributed by atoms with Gasteiger partial charge in [0.15, 0.2) is 15.6 Å². The minimum Gasteiger partial charge on any atom is -0.338 e. The zero-order chi connectivity index (χ0) is 15.0. The van der Waals surface area contributed by atoms with Gasteiger partial charge in [0.25, 0.3) is 0 Å². The third-order valence-corrected chi connectivity index (χ3v) is 6.88. The van der Waals surface area contributed by atoms with Crippen molar-refractivity contribution < 1.29 is 13.2 Å². The summed E-state index contributed by atoms with van der Waals surface area (Å²) in [6.07, 6.45) is 2.59. The number of allylic oxidation sites excluding steroid dienone is 1. The average Bonchev–Trinajstić information content (AvgIpc) is 2.91. The number of carbonyl (C=O) groups excluding carboxylic acids is 1. The summed E-state index contributed by atoms with van der Waals surface area (Å²) in [5, 5.41) is 0.905. The maximum Gasteiger partial charge on any atom is 0.158 e. The normalized spacial score (nSPS) is 25.3. The quantitative estimate of drug-likeness (QED) is 0.800. The van der Waals surface area contributed by atoms with E-state index in [9.17, 15) is 13.2 Å². The molecular formula is C15H17NO3S2. The molecule has 1 unspecified atom stereocenters. The van der Waals surface area contributed by atoms with E-state index >= 15 is 0 Å². The summed E-state index contributed by atoms with van der Waals surface area (Å²) in [5.74, 6) is 0.380. The highest BCUT2D eigenvalue weighted by molar-refractivity contribution is 8.03. The Morgan fingerprint density at radius 3 is 2.86 bits per heavy atom. The number of thioether (sulfide) groups is 1. The molecule has 1 atom stereocenters. The van der Waals surface area contributed by atoms with Crippen LogP contribution in [0.15, 0.2) is 40.3 Å². The van der Waals surface area contributed by atoms with E-state index in [2.05, 4.69) is 0 Å². The fourth-order valence-electron chi connectivity index (χ4n) is 2.76. The van der Waals surface area contributed by atoms with Crippen LogP contribution in [0.3, 0.4) is 0 Å². The number of fused-ring (bicyclic) bond motifs is 1. The first-order chi connectivity index (χ1) is 9.94. The first-order valence-corrected chi connectivity index (χ1v) is 9.54. The molecule has 0 amide bonds. The average molecular weight is 323 g/mol. The lowest BCUT2D eigenvalue weighted by molar-refractivity contribution is -0.115. The summed E-state index contributed by atoms with van der Waals surface area (Å²) in [4.78, 5) is 15.3. The van der Waals surface area contributed by atoms with Crippen LogP contribution in [-0.2, 0) is 14.6 Å². The van der Waals surface area contributed by atoms with Crippen molar-refractivity contribution in [3.8, 4) is 0 Å². The van der Waals surface area contributed by atoms with Crippen molar-refractivity contribution >= 4 is 33.1 Å². The highest BCUT2D eigenvalue weighted by Crippen LogP contribution is 2.44. The molecule has 2 aliphatic rings. The van der Waals surface area contributed by atoms with Gasteiger partial charge in [-0.25, -0.2) is 8.42 Å². The predicted molar refractivity (Wildman–Crippen MR) is 85.2 cm³/mol. The zero-order valence-electron chi connectivity index (χ0n) is 11.8. The Labute approximate surface area is 129 Å². The topological polar surface area (TPSA) is 54.5 Å². The molecule has 0 bridgehead atoms. The molecule has 0 aliphatic carbocycles. The minimum absolute atomic E-state index is 0.0132. The highest BCUT2D eigenvalue weighted by atomic mass is 32.2.